The van der Waals surface area contributed by atoms with E-state index in [1.165, 1.54) is 12.2 Å². The van der Waals surface area contributed by atoms with Crippen LogP contribution >= 0.6 is 34.2 Å². The minimum absolute atomic E-state index is 0.0234. The molecule has 0 saturated heterocycles. The number of carbonyl (C=O) groups is 1. The first-order valence-electron chi connectivity index (χ1n) is 6.40. The van der Waals surface area contributed by atoms with Gasteiger partial charge in [0.15, 0.2) is 5.78 Å². The van der Waals surface area contributed by atoms with Gasteiger partial charge in [0, 0.05) is 11.8 Å². The summed E-state index contributed by atoms with van der Waals surface area (Å²) in [5.74, 6) is -0.0234. The van der Waals surface area contributed by atoms with E-state index < -0.39 is 6.10 Å². The van der Waals surface area contributed by atoms with Crippen LogP contribution in [0.25, 0.3) is 0 Å². The molecule has 1 aromatic carbocycles. The van der Waals surface area contributed by atoms with E-state index in [1.807, 2.05) is 30.3 Å². The number of alkyl halides is 1. The monoisotopic (exact) mass is 404 g/mol. The van der Waals surface area contributed by atoms with E-state index in [9.17, 15) is 9.90 Å². The number of hydrogen-bond donors (Lipinski definition) is 1. The minimum Gasteiger partial charge on any atom is -0.384 e. The highest BCUT2D eigenvalue weighted by atomic mass is 127. The van der Waals surface area contributed by atoms with Crippen molar-refractivity contribution in [2.45, 2.75) is 30.7 Å². The van der Waals surface area contributed by atoms with Crippen LogP contribution in [0, 0.1) is 0 Å². The highest BCUT2D eigenvalue weighted by Gasteiger charge is 2.08. The number of halogens is 2. The number of benzene rings is 1. The average Bonchev–Trinajstić information content (AvgIpc) is 2.42. The number of allylic oxidation sites excluding steroid dienone is 2. The van der Waals surface area contributed by atoms with Gasteiger partial charge in [0.25, 0.3) is 0 Å². The zero-order valence-corrected chi connectivity index (χ0v) is 14.0. The molecule has 0 amide bonds. The van der Waals surface area contributed by atoms with E-state index in [4.69, 9.17) is 11.6 Å². The summed E-state index contributed by atoms with van der Waals surface area (Å²) in [6.45, 7) is 3.79. The molecule has 0 fully saturated rings. The van der Waals surface area contributed by atoms with Crippen LogP contribution in [0.2, 0.25) is 0 Å². The van der Waals surface area contributed by atoms with Crippen LogP contribution in [0.15, 0.2) is 52.6 Å². The average molecular weight is 405 g/mol. The fraction of sp³-hybridized carbons (Fsp3) is 0.312. The van der Waals surface area contributed by atoms with Crippen LogP contribution < -0.4 is 0 Å². The largest absolute Gasteiger partial charge is 0.384 e. The van der Waals surface area contributed by atoms with Gasteiger partial charge in [0.05, 0.1) is 6.10 Å². The molecule has 1 N–H and O–H groups in total. The van der Waals surface area contributed by atoms with Crippen molar-refractivity contribution in [2.24, 2.45) is 0 Å². The van der Waals surface area contributed by atoms with Crippen LogP contribution in [-0.2, 0) is 4.79 Å². The van der Waals surface area contributed by atoms with Crippen molar-refractivity contribution in [1.29, 1.82) is 0 Å². The fourth-order valence-corrected chi connectivity index (χ4v) is 2.77. The van der Waals surface area contributed by atoms with Crippen LogP contribution in [0.4, 0.5) is 0 Å². The summed E-state index contributed by atoms with van der Waals surface area (Å²) in [6, 6.07) is 9.22. The Morgan fingerprint density at radius 3 is 2.65 bits per heavy atom. The van der Waals surface area contributed by atoms with Crippen molar-refractivity contribution in [3.05, 3.63) is 58.2 Å². The zero-order chi connectivity index (χ0) is 15.0. The third kappa shape index (κ3) is 7.22. The Kier molecular flexibility index (Phi) is 8.11. The molecular formula is C16H18ClIO2. The number of ketones is 1. The lowest BCUT2D eigenvalue weighted by Gasteiger charge is -2.07. The summed E-state index contributed by atoms with van der Waals surface area (Å²) in [7, 11) is 0. The van der Waals surface area contributed by atoms with Gasteiger partial charge in [0.1, 0.15) is 0 Å². The van der Waals surface area contributed by atoms with Gasteiger partial charge in [-0.25, -0.2) is 0 Å². The molecule has 1 unspecified atom stereocenters. The molecule has 0 aromatic heterocycles. The van der Waals surface area contributed by atoms with Crippen molar-refractivity contribution in [3.8, 4) is 0 Å². The Bertz CT molecular complexity index is 471. The number of rotatable bonds is 8. The molecule has 2 nitrogen and oxygen atoms in total. The molecule has 0 spiro atoms. The molecule has 0 saturated carbocycles. The standard InChI is InChI=1S/C16H18ClIO2/c1-12(18)11-14(17)7-8-15(19)9-10-16(20)13-5-3-2-4-6-13/h2-6,9-10,14,16,20H,1,7-8,11H2/b10-9+/t14-,16?/m1/s1. The SMILES string of the molecule is C=C(I)C[C@H](Cl)CCC(=O)/C=C/C(O)c1ccccc1. The Hall–Kier alpha value is -0.650. The van der Waals surface area contributed by atoms with Crippen LogP contribution in [0.3, 0.4) is 0 Å². The number of aliphatic hydroxyl groups is 1. The Balaban J connectivity index is 2.38. The van der Waals surface area contributed by atoms with E-state index in [1.54, 1.807) is 0 Å². The molecule has 20 heavy (non-hydrogen) atoms. The summed E-state index contributed by atoms with van der Waals surface area (Å²) < 4.78 is 0.991. The first kappa shape index (κ1) is 17.4. The lowest BCUT2D eigenvalue weighted by atomic mass is 10.1. The van der Waals surface area contributed by atoms with Gasteiger partial charge in [0.2, 0.25) is 0 Å². The summed E-state index contributed by atoms with van der Waals surface area (Å²) in [4.78, 5) is 11.7. The Morgan fingerprint density at radius 2 is 2.05 bits per heavy atom. The quantitative estimate of drug-likeness (QED) is 0.391. The van der Waals surface area contributed by atoms with Crippen molar-refractivity contribution < 1.29 is 9.90 Å². The van der Waals surface area contributed by atoms with Crippen molar-refractivity contribution >= 4 is 40.0 Å². The van der Waals surface area contributed by atoms with Gasteiger partial charge in [-0.3, -0.25) is 4.79 Å². The Labute approximate surface area is 138 Å². The Morgan fingerprint density at radius 1 is 1.40 bits per heavy atom. The van der Waals surface area contributed by atoms with Crippen LogP contribution in [0.1, 0.15) is 30.9 Å². The molecule has 0 aliphatic heterocycles. The lowest BCUT2D eigenvalue weighted by molar-refractivity contribution is -0.114. The van der Waals surface area contributed by atoms with E-state index in [-0.39, 0.29) is 11.2 Å². The third-order valence-corrected chi connectivity index (χ3v) is 3.57. The molecule has 0 heterocycles. The van der Waals surface area contributed by atoms with E-state index >= 15 is 0 Å². The third-order valence-electron chi connectivity index (χ3n) is 2.75. The van der Waals surface area contributed by atoms with Gasteiger partial charge >= 0.3 is 0 Å². The first-order chi connectivity index (χ1) is 9.49. The van der Waals surface area contributed by atoms with Gasteiger partial charge in [-0.2, -0.15) is 0 Å². The maximum Gasteiger partial charge on any atom is 0.155 e. The zero-order valence-electron chi connectivity index (χ0n) is 11.1. The van der Waals surface area contributed by atoms with Crippen molar-refractivity contribution in [3.63, 3.8) is 0 Å². The van der Waals surface area contributed by atoms with Crippen molar-refractivity contribution in [2.75, 3.05) is 0 Å². The van der Waals surface area contributed by atoms with E-state index in [0.717, 1.165) is 9.14 Å². The van der Waals surface area contributed by atoms with Gasteiger partial charge in [-0.15, -0.1) is 11.6 Å². The number of hydrogen-bond acceptors (Lipinski definition) is 2. The fourth-order valence-electron chi connectivity index (χ4n) is 1.68. The first-order valence-corrected chi connectivity index (χ1v) is 7.92. The molecule has 0 bridgehead atoms. The normalized spacial score (nSPS) is 14.2. The molecule has 0 aliphatic carbocycles. The summed E-state index contributed by atoms with van der Waals surface area (Å²) in [5, 5.41) is 9.83. The predicted octanol–water partition coefficient (Wildman–Crippen LogP) is 4.57. The molecule has 2 atom stereocenters. The van der Waals surface area contributed by atoms with E-state index in [0.29, 0.717) is 19.3 Å². The molecular weight excluding hydrogens is 387 g/mol. The molecule has 0 radical (unpaired) electrons. The van der Waals surface area contributed by atoms with Gasteiger partial charge in [-0.05, 0) is 56.7 Å². The predicted molar refractivity (Wildman–Crippen MR) is 92.2 cm³/mol. The lowest BCUT2D eigenvalue weighted by Crippen LogP contribution is -2.03. The molecule has 108 valence electrons. The molecule has 0 aliphatic rings. The smallest absolute Gasteiger partial charge is 0.155 e. The topological polar surface area (TPSA) is 37.3 Å². The maximum absolute atomic E-state index is 11.7. The summed E-state index contributed by atoms with van der Waals surface area (Å²) >= 11 is 8.22. The van der Waals surface area contributed by atoms with Crippen molar-refractivity contribution in [1.82, 2.24) is 0 Å². The second-order valence-electron chi connectivity index (χ2n) is 4.54. The highest BCUT2D eigenvalue weighted by molar-refractivity contribution is 14.1. The summed E-state index contributed by atoms with van der Waals surface area (Å²) in [5.41, 5.74) is 0.771. The van der Waals surface area contributed by atoms with E-state index in [2.05, 4.69) is 29.2 Å². The maximum atomic E-state index is 11.7. The summed E-state index contributed by atoms with van der Waals surface area (Å²) in [6.07, 6.45) is 3.91. The van der Waals surface area contributed by atoms with Gasteiger partial charge in [-0.1, -0.05) is 36.9 Å². The second kappa shape index (κ2) is 9.32. The van der Waals surface area contributed by atoms with Gasteiger partial charge < -0.3 is 5.11 Å². The highest BCUT2D eigenvalue weighted by Crippen LogP contribution is 2.19. The number of aliphatic hydroxyl groups excluding tert-OH is 1. The minimum atomic E-state index is -0.749. The number of carbonyl (C=O) groups excluding carboxylic acids is 1. The molecule has 4 heteroatoms. The second-order valence-corrected chi connectivity index (χ2v) is 6.68. The molecule has 1 aromatic rings. The molecule has 1 rings (SSSR count). The van der Waals surface area contributed by atoms with Crippen LogP contribution in [0.5, 0.6) is 0 Å². The van der Waals surface area contributed by atoms with Crippen LogP contribution in [-0.4, -0.2) is 16.3 Å².